The van der Waals surface area contributed by atoms with E-state index in [1.165, 1.54) is 12.1 Å². The second kappa shape index (κ2) is 5.76. The largest absolute Gasteiger partial charge is 0.268 e. The number of sulfonamides is 1. The van der Waals surface area contributed by atoms with Gasteiger partial charge in [-0.1, -0.05) is 34.1 Å². The fraction of sp³-hybridized carbons (Fsp3) is 0.0714. The topological polar surface area (TPSA) is 63.2 Å². The summed E-state index contributed by atoms with van der Waals surface area (Å²) in [6.07, 6.45) is 0. The van der Waals surface area contributed by atoms with Gasteiger partial charge in [-0.3, -0.25) is 4.79 Å². The van der Waals surface area contributed by atoms with E-state index in [1.54, 1.807) is 43.3 Å². The van der Waals surface area contributed by atoms with Crippen molar-refractivity contribution < 1.29 is 13.2 Å². The number of carbonyl (C=O) groups is 1. The number of rotatable bonds is 3. The maximum absolute atomic E-state index is 12.1. The molecule has 6 heteroatoms. The van der Waals surface area contributed by atoms with Crippen LogP contribution in [0.5, 0.6) is 0 Å². The Bertz CT molecular complexity index is 742. The first-order chi connectivity index (χ1) is 9.40. The molecular formula is C14H12BrNO3S. The van der Waals surface area contributed by atoms with Crippen LogP contribution >= 0.6 is 15.9 Å². The Hall–Kier alpha value is -1.66. The molecule has 0 unspecified atom stereocenters. The van der Waals surface area contributed by atoms with Gasteiger partial charge in [0.25, 0.3) is 15.9 Å². The van der Waals surface area contributed by atoms with Gasteiger partial charge in [0.1, 0.15) is 0 Å². The van der Waals surface area contributed by atoms with Gasteiger partial charge in [-0.25, -0.2) is 13.1 Å². The van der Waals surface area contributed by atoms with Gasteiger partial charge in [0, 0.05) is 10.0 Å². The summed E-state index contributed by atoms with van der Waals surface area (Å²) >= 11 is 3.29. The Morgan fingerprint density at radius 3 is 2.35 bits per heavy atom. The van der Waals surface area contributed by atoms with Crippen molar-refractivity contribution in [3.8, 4) is 0 Å². The first-order valence-electron chi connectivity index (χ1n) is 5.78. The number of hydrogen-bond acceptors (Lipinski definition) is 3. The molecule has 0 aliphatic heterocycles. The van der Waals surface area contributed by atoms with Gasteiger partial charge in [0.2, 0.25) is 0 Å². The van der Waals surface area contributed by atoms with E-state index in [0.29, 0.717) is 11.1 Å². The van der Waals surface area contributed by atoms with Crippen molar-refractivity contribution in [1.82, 2.24) is 4.72 Å². The monoisotopic (exact) mass is 353 g/mol. The summed E-state index contributed by atoms with van der Waals surface area (Å²) in [5.41, 5.74) is 1.02. The number of nitrogens with one attached hydrogen (secondary N) is 1. The Balaban J connectivity index is 2.28. The minimum absolute atomic E-state index is 0.0584. The Kier molecular flexibility index (Phi) is 4.25. The van der Waals surface area contributed by atoms with Gasteiger partial charge in [0.15, 0.2) is 0 Å². The second-order valence-electron chi connectivity index (χ2n) is 4.21. The number of aryl methyl sites for hydroxylation is 1. The second-order valence-corrected chi connectivity index (χ2v) is 6.80. The van der Waals surface area contributed by atoms with E-state index < -0.39 is 15.9 Å². The highest BCUT2D eigenvalue weighted by Gasteiger charge is 2.19. The lowest BCUT2D eigenvalue weighted by atomic mass is 10.1. The fourth-order valence-electron chi connectivity index (χ4n) is 1.72. The maximum atomic E-state index is 12.1. The van der Waals surface area contributed by atoms with E-state index in [0.717, 1.165) is 4.47 Å². The highest BCUT2D eigenvalue weighted by Crippen LogP contribution is 2.16. The molecule has 20 heavy (non-hydrogen) atoms. The lowest BCUT2D eigenvalue weighted by Crippen LogP contribution is -2.31. The molecule has 0 atom stereocenters. The van der Waals surface area contributed by atoms with Crippen molar-refractivity contribution in [3.63, 3.8) is 0 Å². The third-order valence-corrected chi connectivity index (χ3v) is 4.55. The maximum Gasteiger partial charge on any atom is 0.265 e. The van der Waals surface area contributed by atoms with Crippen LogP contribution in [0.4, 0.5) is 0 Å². The number of carbonyl (C=O) groups excluding carboxylic acids is 1. The lowest BCUT2D eigenvalue weighted by Gasteiger charge is -2.09. The van der Waals surface area contributed by atoms with Crippen molar-refractivity contribution in [1.29, 1.82) is 0 Å². The van der Waals surface area contributed by atoms with Crippen molar-refractivity contribution in [2.45, 2.75) is 11.8 Å². The molecule has 2 rings (SSSR count). The molecule has 2 aromatic carbocycles. The van der Waals surface area contributed by atoms with E-state index in [4.69, 9.17) is 0 Å². The molecular weight excluding hydrogens is 342 g/mol. The molecule has 4 nitrogen and oxygen atoms in total. The van der Waals surface area contributed by atoms with Crippen LogP contribution < -0.4 is 4.72 Å². The van der Waals surface area contributed by atoms with Gasteiger partial charge in [-0.2, -0.15) is 0 Å². The average Bonchev–Trinajstić information content (AvgIpc) is 2.39. The number of benzene rings is 2. The molecule has 1 amide bonds. The van der Waals surface area contributed by atoms with Crippen molar-refractivity contribution >= 4 is 31.9 Å². The van der Waals surface area contributed by atoms with Gasteiger partial charge in [0.05, 0.1) is 4.90 Å². The van der Waals surface area contributed by atoms with Crippen LogP contribution in [-0.4, -0.2) is 14.3 Å². The van der Waals surface area contributed by atoms with Crippen LogP contribution in [0.1, 0.15) is 15.9 Å². The van der Waals surface area contributed by atoms with E-state index in [-0.39, 0.29) is 4.90 Å². The molecule has 0 radical (unpaired) electrons. The molecule has 0 heterocycles. The zero-order valence-corrected chi connectivity index (χ0v) is 13.0. The summed E-state index contributed by atoms with van der Waals surface area (Å²) in [7, 11) is -3.85. The summed E-state index contributed by atoms with van der Waals surface area (Å²) in [5.74, 6) is -0.640. The zero-order valence-electron chi connectivity index (χ0n) is 10.6. The molecule has 104 valence electrons. The first kappa shape index (κ1) is 14.7. The predicted octanol–water partition coefficient (Wildman–Crippen LogP) is 2.88. The van der Waals surface area contributed by atoms with Gasteiger partial charge < -0.3 is 0 Å². The zero-order chi connectivity index (χ0) is 14.8. The van der Waals surface area contributed by atoms with Gasteiger partial charge in [-0.05, 0) is 42.8 Å². The smallest absolute Gasteiger partial charge is 0.265 e. The van der Waals surface area contributed by atoms with Crippen LogP contribution in [-0.2, 0) is 10.0 Å². The third kappa shape index (κ3) is 3.26. The highest BCUT2D eigenvalue weighted by molar-refractivity contribution is 9.10. The normalized spacial score (nSPS) is 11.1. The number of hydrogen-bond donors (Lipinski definition) is 1. The standard InChI is InChI=1S/C14H12BrNO3S/c1-10-9-11(15)7-8-13(10)14(17)16-20(18,19)12-5-3-2-4-6-12/h2-9H,1H3,(H,16,17). The van der Waals surface area contributed by atoms with Crippen molar-refractivity contribution in [2.75, 3.05) is 0 Å². The summed E-state index contributed by atoms with van der Waals surface area (Å²) in [5, 5.41) is 0. The Morgan fingerprint density at radius 2 is 1.75 bits per heavy atom. The molecule has 0 aromatic heterocycles. The SMILES string of the molecule is Cc1cc(Br)ccc1C(=O)NS(=O)(=O)c1ccccc1. The predicted molar refractivity (Wildman–Crippen MR) is 80.0 cm³/mol. The minimum Gasteiger partial charge on any atom is -0.268 e. The molecule has 1 N–H and O–H groups in total. The molecule has 0 fully saturated rings. The quantitative estimate of drug-likeness (QED) is 0.922. The summed E-state index contributed by atoms with van der Waals surface area (Å²) in [6, 6.07) is 12.8. The van der Waals surface area contributed by atoms with Crippen molar-refractivity contribution in [2.24, 2.45) is 0 Å². The Labute approximate surface area is 126 Å². The van der Waals surface area contributed by atoms with E-state index in [9.17, 15) is 13.2 Å². The van der Waals surface area contributed by atoms with Crippen LogP contribution in [0.2, 0.25) is 0 Å². The summed E-state index contributed by atoms with van der Waals surface area (Å²) < 4.78 is 27.0. The molecule has 0 spiro atoms. The third-order valence-electron chi connectivity index (χ3n) is 2.71. The van der Waals surface area contributed by atoms with Crippen LogP contribution in [0.15, 0.2) is 57.9 Å². The summed E-state index contributed by atoms with van der Waals surface area (Å²) in [6.45, 7) is 1.74. The van der Waals surface area contributed by atoms with Crippen LogP contribution in [0.25, 0.3) is 0 Å². The molecule has 0 saturated heterocycles. The lowest BCUT2D eigenvalue weighted by molar-refractivity contribution is 0.0981. The molecule has 0 aliphatic carbocycles. The van der Waals surface area contributed by atoms with Crippen LogP contribution in [0.3, 0.4) is 0 Å². The minimum atomic E-state index is -3.85. The van der Waals surface area contributed by atoms with Gasteiger partial charge in [-0.15, -0.1) is 0 Å². The number of halogens is 1. The molecule has 0 saturated carbocycles. The average molecular weight is 354 g/mol. The number of amides is 1. The van der Waals surface area contributed by atoms with E-state index in [1.807, 2.05) is 0 Å². The highest BCUT2D eigenvalue weighted by atomic mass is 79.9. The van der Waals surface area contributed by atoms with Crippen molar-refractivity contribution in [3.05, 3.63) is 64.1 Å². The fourth-order valence-corrected chi connectivity index (χ4v) is 3.18. The van der Waals surface area contributed by atoms with E-state index in [2.05, 4.69) is 20.7 Å². The Morgan fingerprint density at radius 1 is 1.10 bits per heavy atom. The molecule has 2 aromatic rings. The van der Waals surface area contributed by atoms with Crippen LogP contribution in [0, 0.1) is 6.92 Å². The van der Waals surface area contributed by atoms with Gasteiger partial charge >= 0.3 is 0 Å². The summed E-state index contributed by atoms with van der Waals surface area (Å²) in [4.78, 5) is 12.1. The van der Waals surface area contributed by atoms with E-state index >= 15 is 0 Å². The molecule has 0 bridgehead atoms. The first-order valence-corrected chi connectivity index (χ1v) is 8.06. The molecule has 0 aliphatic rings.